The summed E-state index contributed by atoms with van der Waals surface area (Å²) in [7, 11) is 1.64. The highest BCUT2D eigenvalue weighted by Crippen LogP contribution is 2.38. The van der Waals surface area contributed by atoms with Gasteiger partial charge in [0.05, 0.1) is 20.0 Å². The minimum Gasteiger partial charge on any atom is -0.496 e. The molecule has 1 fully saturated rings. The van der Waals surface area contributed by atoms with Crippen LogP contribution in [0.4, 0.5) is 0 Å². The van der Waals surface area contributed by atoms with Crippen molar-refractivity contribution >= 4 is 22.4 Å². The van der Waals surface area contributed by atoms with Crippen molar-refractivity contribution in [2.75, 3.05) is 26.8 Å². The number of nitrogens with zero attached hydrogens (tertiary/aromatic N) is 1. The Morgan fingerprint density at radius 3 is 2.56 bits per heavy atom. The van der Waals surface area contributed by atoms with Crippen LogP contribution in [0.1, 0.15) is 39.2 Å². The molecule has 168 valence electrons. The number of fused-ring (bicyclic) bond motifs is 1. The molecule has 0 aliphatic carbocycles. The van der Waals surface area contributed by atoms with Gasteiger partial charge in [-0.25, -0.2) is 0 Å². The fraction of sp³-hybridized carbons (Fsp3) is 0.370. The van der Waals surface area contributed by atoms with Crippen LogP contribution in [0.15, 0.2) is 53.2 Å². The number of benzene rings is 2. The van der Waals surface area contributed by atoms with Crippen molar-refractivity contribution in [3.8, 4) is 22.6 Å². The number of carbonyl (C=O) groups excluding carboxylic acids is 1. The number of amides is 1. The fourth-order valence-electron chi connectivity index (χ4n) is 4.24. The van der Waals surface area contributed by atoms with Gasteiger partial charge >= 0.3 is 0 Å². The zero-order valence-corrected chi connectivity index (χ0v) is 19.3. The molecule has 3 aromatic rings. The van der Waals surface area contributed by atoms with E-state index in [9.17, 15) is 4.79 Å². The topological polar surface area (TPSA) is 51.9 Å². The third kappa shape index (κ3) is 4.52. The summed E-state index contributed by atoms with van der Waals surface area (Å²) < 4.78 is 17.0. The molecule has 0 saturated carbocycles. The zero-order valence-electron chi connectivity index (χ0n) is 19.3. The number of piperidine rings is 1. The molecule has 1 aliphatic rings. The lowest BCUT2D eigenvalue weighted by Crippen LogP contribution is -2.36. The second-order valence-corrected chi connectivity index (χ2v) is 8.49. The van der Waals surface area contributed by atoms with Gasteiger partial charge in [0.1, 0.15) is 17.1 Å². The fourth-order valence-corrected chi connectivity index (χ4v) is 4.24. The molecule has 4 rings (SSSR count). The first-order valence-corrected chi connectivity index (χ1v) is 11.3. The summed E-state index contributed by atoms with van der Waals surface area (Å²) in [5, 5.41) is 0.983. The average Bonchev–Trinajstić information content (AvgIpc) is 3.22. The monoisotopic (exact) mass is 433 g/mol. The van der Waals surface area contributed by atoms with Gasteiger partial charge in [-0.15, -0.1) is 0 Å². The number of rotatable bonds is 6. The maximum Gasteiger partial charge on any atom is 0.246 e. The third-order valence-corrected chi connectivity index (χ3v) is 6.23. The summed E-state index contributed by atoms with van der Waals surface area (Å²) in [6, 6.07) is 11.9. The molecule has 5 nitrogen and oxygen atoms in total. The smallest absolute Gasteiger partial charge is 0.246 e. The number of likely N-dealkylation sites (tertiary alicyclic amines) is 1. The molecule has 2 aromatic carbocycles. The van der Waals surface area contributed by atoms with Crippen LogP contribution >= 0.6 is 0 Å². The second kappa shape index (κ2) is 9.51. The van der Waals surface area contributed by atoms with Crippen LogP contribution in [0.5, 0.6) is 11.5 Å². The Balaban J connectivity index is 1.68. The molecule has 5 heteroatoms. The first-order valence-electron chi connectivity index (χ1n) is 11.3. The van der Waals surface area contributed by atoms with E-state index in [1.165, 1.54) is 0 Å². The van der Waals surface area contributed by atoms with E-state index in [0.717, 1.165) is 64.9 Å². The van der Waals surface area contributed by atoms with E-state index in [1.807, 2.05) is 49.1 Å². The van der Waals surface area contributed by atoms with E-state index in [1.54, 1.807) is 19.4 Å². The SMILES string of the molecule is CCOc1ccc(-c2coc3cc(OC)c(/C(C)=C/C(=O)N4CCC(C)CC4)cc23)cc1. The lowest BCUT2D eigenvalue weighted by Gasteiger charge is -2.29. The van der Waals surface area contributed by atoms with E-state index in [-0.39, 0.29) is 5.91 Å². The van der Waals surface area contributed by atoms with E-state index in [0.29, 0.717) is 18.3 Å². The van der Waals surface area contributed by atoms with Gasteiger partial charge in [-0.2, -0.15) is 0 Å². The Hall–Kier alpha value is -3.21. The predicted octanol–water partition coefficient (Wildman–Crippen LogP) is 6.17. The first kappa shape index (κ1) is 22.0. The first-order chi connectivity index (χ1) is 15.5. The Kier molecular flexibility index (Phi) is 6.54. The number of carbonyl (C=O) groups is 1. The molecule has 0 N–H and O–H groups in total. The Labute approximate surface area is 189 Å². The van der Waals surface area contributed by atoms with Crippen molar-refractivity contribution in [1.29, 1.82) is 0 Å². The maximum absolute atomic E-state index is 12.9. The van der Waals surface area contributed by atoms with Gasteiger partial charge in [-0.05, 0) is 61.9 Å². The number of hydrogen-bond acceptors (Lipinski definition) is 4. The molecule has 1 aromatic heterocycles. The van der Waals surface area contributed by atoms with E-state index < -0.39 is 0 Å². The van der Waals surface area contributed by atoms with Gasteiger partial charge in [0.2, 0.25) is 5.91 Å². The van der Waals surface area contributed by atoms with E-state index in [4.69, 9.17) is 13.9 Å². The van der Waals surface area contributed by atoms with Crippen molar-refractivity contribution < 1.29 is 18.7 Å². The van der Waals surface area contributed by atoms with Crippen LogP contribution < -0.4 is 9.47 Å². The van der Waals surface area contributed by atoms with Crippen molar-refractivity contribution in [2.24, 2.45) is 5.92 Å². The highest BCUT2D eigenvalue weighted by Gasteiger charge is 2.20. The zero-order chi connectivity index (χ0) is 22.7. The molecule has 1 saturated heterocycles. The van der Waals surface area contributed by atoms with Crippen LogP contribution in [0.2, 0.25) is 0 Å². The largest absolute Gasteiger partial charge is 0.496 e. The summed E-state index contributed by atoms with van der Waals surface area (Å²) >= 11 is 0. The van der Waals surface area contributed by atoms with Crippen molar-refractivity contribution in [2.45, 2.75) is 33.6 Å². The summed E-state index contributed by atoms with van der Waals surface area (Å²) in [6.07, 6.45) is 5.63. The average molecular weight is 434 g/mol. The van der Waals surface area contributed by atoms with Gasteiger partial charge < -0.3 is 18.8 Å². The highest BCUT2D eigenvalue weighted by molar-refractivity contribution is 6.00. The lowest BCUT2D eigenvalue weighted by atomic mass is 9.98. The second-order valence-electron chi connectivity index (χ2n) is 8.49. The van der Waals surface area contributed by atoms with Crippen LogP contribution in [0, 0.1) is 5.92 Å². The normalized spacial score (nSPS) is 15.2. The van der Waals surface area contributed by atoms with Gasteiger partial charge in [0, 0.05) is 41.7 Å². The third-order valence-electron chi connectivity index (χ3n) is 6.23. The minimum absolute atomic E-state index is 0.0653. The highest BCUT2D eigenvalue weighted by atomic mass is 16.5. The number of methoxy groups -OCH3 is 1. The number of furan rings is 1. The van der Waals surface area contributed by atoms with E-state index in [2.05, 4.69) is 13.0 Å². The molecule has 32 heavy (non-hydrogen) atoms. The molecule has 1 aliphatic heterocycles. The van der Waals surface area contributed by atoms with Crippen LogP contribution in [-0.4, -0.2) is 37.6 Å². The summed E-state index contributed by atoms with van der Waals surface area (Å²) in [5.74, 6) is 2.29. The lowest BCUT2D eigenvalue weighted by molar-refractivity contribution is -0.127. The van der Waals surface area contributed by atoms with Gasteiger partial charge in [-0.3, -0.25) is 4.79 Å². The molecular weight excluding hydrogens is 402 g/mol. The standard InChI is InChI=1S/C27H31NO4/c1-5-31-21-8-6-20(7-9-21)24-17-32-26-16-25(30-4)22(15-23(24)26)19(3)14-27(29)28-12-10-18(2)11-13-28/h6-9,14-18H,5,10-13H2,1-4H3/b19-14+. The van der Waals surface area contributed by atoms with Crippen molar-refractivity contribution in [1.82, 2.24) is 4.90 Å². The molecule has 1 amide bonds. The molecule has 2 heterocycles. The number of hydrogen-bond donors (Lipinski definition) is 0. The van der Waals surface area contributed by atoms with Gasteiger partial charge in [-0.1, -0.05) is 19.1 Å². The summed E-state index contributed by atoms with van der Waals surface area (Å²) in [5.41, 5.74) is 4.57. The number of allylic oxidation sites excluding steroid dienone is 1. The van der Waals surface area contributed by atoms with Crippen LogP contribution in [-0.2, 0) is 4.79 Å². The van der Waals surface area contributed by atoms with E-state index >= 15 is 0 Å². The Morgan fingerprint density at radius 2 is 1.91 bits per heavy atom. The van der Waals surface area contributed by atoms with Crippen LogP contribution in [0.25, 0.3) is 27.7 Å². The maximum atomic E-state index is 12.9. The molecular formula is C27H31NO4. The van der Waals surface area contributed by atoms with Crippen LogP contribution in [0.3, 0.4) is 0 Å². The quantitative estimate of drug-likeness (QED) is 0.436. The van der Waals surface area contributed by atoms with Crippen molar-refractivity contribution in [3.05, 3.63) is 54.3 Å². The molecule has 0 bridgehead atoms. The Bertz CT molecular complexity index is 1120. The number of ether oxygens (including phenoxy) is 2. The van der Waals surface area contributed by atoms with Gasteiger partial charge in [0.15, 0.2) is 0 Å². The van der Waals surface area contributed by atoms with Gasteiger partial charge in [0.25, 0.3) is 0 Å². The minimum atomic E-state index is 0.0653. The molecule has 0 atom stereocenters. The predicted molar refractivity (Wildman–Crippen MR) is 128 cm³/mol. The van der Waals surface area contributed by atoms with Crippen molar-refractivity contribution in [3.63, 3.8) is 0 Å². The molecule has 0 spiro atoms. The molecule has 0 radical (unpaired) electrons. The Morgan fingerprint density at radius 1 is 1.19 bits per heavy atom. The summed E-state index contributed by atoms with van der Waals surface area (Å²) in [6.45, 7) is 8.46. The summed E-state index contributed by atoms with van der Waals surface area (Å²) in [4.78, 5) is 14.8. The molecule has 0 unspecified atom stereocenters.